The van der Waals surface area contributed by atoms with Crippen molar-refractivity contribution >= 4 is 38.1 Å². The number of hydrogen-bond acceptors (Lipinski definition) is 5. The standard InChI is InChI=1S/C21H27N4OS.ClH/c1-5-24(6-2)17-11-9-16(10-12-17)22-23-21-25(7-3)19-14-13-18(26-8-4)15-20(19)27-21;/h9-15H,5-8H2,1-4H3;1H/q+1;/p-1. The van der Waals surface area contributed by atoms with Crippen LogP contribution in [0, 0.1) is 0 Å². The maximum absolute atomic E-state index is 5.61. The topological polar surface area (TPSA) is 41.1 Å². The van der Waals surface area contributed by atoms with Crippen molar-refractivity contribution in [3.05, 3.63) is 42.5 Å². The average Bonchev–Trinajstić information content (AvgIpc) is 3.05. The van der Waals surface area contributed by atoms with Gasteiger partial charge in [-0.2, -0.15) is 0 Å². The molecule has 0 bridgehead atoms. The van der Waals surface area contributed by atoms with Gasteiger partial charge in [-0.3, -0.25) is 0 Å². The van der Waals surface area contributed by atoms with Crippen LogP contribution in [-0.4, -0.2) is 19.7 Å². The zero-order chi connectivity index (χ0) is 19.2. The van der Waals surface area contributed by atoms with Crippen molar-refractivity contribution in [3.8, 4) is 5.75 Å². The number of fused-ring (bicyclic) bond motifs is 1. The van der Waals surface area contributed by atoms with Crippen LogP contribution in [0.2, 0.25) is 0 Å². The largest absolute Gasteiger partial charge is 1.00 e. The molecule has 2 aromatic carbocycles. The Morgan fingerprint density at radius 3 is 2.29 bits per heavy atom. The predicted octanol–water partition coefficient (Wildman–Crippen LogP) is 2.87. The SMILES string of the molecule is CCOc1ccc2c(c1)sc(N=Nc1ccc(N(CC)CC)cc1)[n+]2CC.[Cl-]. The number of rotatable bonds is 8. The molecule has 0 atom stereocenters. The van der Waals surface area contributed by atoms with Crippen LogP contribution in [0.15, 0.2) is 52.7 Å². The molecule has 5 nitrogen and oxygen atoms in total. The van der Waals surface area contributed by atoms with E-state index in [-0.39, 0.29) is 12.4 Å². The molecule has 1 heterocycles. The smallest absolute Gasteiger partial charge is 0.409 e. The second-order valence-electron chi connectivity index (χ2n) is 6.08. The van der Waals surface area contributed by atoms with Crippen LogP contribution in [-0.2, 0) is 6.54 Å². The zero-order valence-corrected chi connectivity index (χ0v) is 18.4. The van der Waals surface area contributed by atoms with E-state index in [0.29, 0.717) is 6.61 Å². The van der Waals surface area contributed by atoms with Gasteiger partial charge in [0.05, 0.1) is 23.0 Å². The molecule has 0 amide bonds. The normalized spacial score (nSPS) is 11.0. The van der Waals surface area contributed by atoms with Gasteiger partial charge in [-0.1, -0.05) is 0 Å². The number of thiazole rings is 1. The van der Waals surface area contributed by atoms with Gasteiger partial charge >= 0.3 is 5.13 Å². The van der Waals surface area contributed by atoms with Gasteiger partial charge in [-0.05, 0) is 80.5 Å². The summed E-state index contributed by atoms with van der Waals surface area (Å²) in [5, 5.41) is 9.88. The molecule has 3 rings (SSSR count). The van der Waals surface area contributed by atoms with Crippen molar-refractivity contribution in [3.63, 3.8) is 0 Å². The molecule has 0 fully saturated rings. The van der Waals surface area contributed by atoms with Crippen LogP contribution < -0.4 is 26.6 Å². The summed E-state index contributed by atoms with van der Waals surface area (Å²) in [6, 6.07) is 14.4. The minimum absolute atomic E-state index is 0. The van der Waals surface area contributed by atoms with E-state index in [1.807, 2.05) is 25.1 Å². The van der Waals surface area contributed by atoms with Gasteiger partial charge in [0.1, 0.15) is 17.0 Å². The highest BCUT2D eigenvalue weighted by atomic mass is 35.5. The second-order valence-corrected chi connectivity index (χ2v) is 7.09. The Morgan fingerprint density at radius 2 is 1.68 bits per heavy atom. The number of benzene rings is 2. The first-order chi connectivity index (χ1) is 13.2. The van der Waals surface area contributed by atoms with Gasteiger partial charge in [0.25, 0.3) is 0 Å². The molecular weight excluding hydrogens is 392 g/mol. The molecule has 7 heteroatoms. The fourth-order valence-corrected chi connectivity index (χ4v) is 4.19. The molecule has 0 saturated heterocycles. The van der Waals surface area contributed by atoms with Crippen LogP contribution in [0.5, 0.6) is 5.75 Å². The fourth-order valence-electron chi connectivity index (χ4n) is 3.11. The van der Waals surface area contributed by atoms with Gasteiger partial charge in [-0.25, -0.2) is 4.57 Å². The van der Waals surface area contributed by atoms with Crippen molar-refractivity contribution in [2.24, 2.45) is 10.2 Å². The number of halogens is 1. The Bertz CT molecular complexity index is 920. The summed E-state index contributed by atoms with van der Waals surface area (Å²) in [7, 11) is 0. The minimum atomic E-state index is 0. The third kappa shape index (κ3) is 4.80. The van der Waals surface area contributed by atoms with Crippen LogP contribution >= 0.6 is 11.3 Å². The Morgan fingerprint density at radius 1 is 0.964 bits per heavy atom. The molecule has 1 aromatic heterocycles. The van der Waals surface area contributed by atoms with Gasteiger partial charge in [0, 0.05) is 24.8 Å². The molecular formula is C21H27ClN4OS. The van der Waals surface area contributed by atoms with Crippen molar-refractivity contribution in [2.75, 3.05) is 24.6 Å². The van der Waals surface area contributed by atoms with Crippen molar-refractivity contribution in [2.45, 2.75) is 34.2 Å². The van der Waals surface area contributed by atoms with Gasteiger partial charge < -0.3 is 22.0 Å². The van der Waals surface area contributed by atoms with E-state index in [1.165, 1.54) is 5.69 Å². The highest BCUT2D eigenvalue weighted by Crippen LogP contribution is 2.31. The summed E-state index contributed by atoms with van der Waals surface area (Å²) in [5.41, 5.74) is 3.24. The fraction of sp³-hybridized carbons (Fsp3) is 0.381. The lowest BCUT2D eigenvalue weighted by atomic mass is 10.2. The summed E-state index contributed by atoms with van der Waals surface area (Å²) >= 11 is 1.64. The predicted molar refractivity (Wildman–Crippen MR) is 113 cm³/mol. The monoisotopic (exact) mass is 418 g/mol. The molecule has 0 radical (unpaired) electrons. The molecule has 3 aromatic rings. The summed E-state index contributed by atoms with van der Waals surface area (Å²) in [6.45, 7) is 12.0. The van der Waals surface area contributed by atoms with Crippen LogP contribution in [0.1, 0.15) is 27.7 Å². The van der Waals surface area contributed by atoms with Crippen LogP contribution in [0.4, 0.5) is 16.5 Å². The van der Waals surface area contributed by atoms with E-state index in [0.717, 1.165) is 46.4 Å². The maximum atomic E-state index is 5.61. The summed E-state index contributed by atoms with van der Waals surface area (Å²) in [5.74, 6) is 0.894. The molecule has 0 saturated carbocycles. The first kappa shape index (κ1) is 22.1. The number of hydrogen-bond donors (Lipinski definition) is 0. The minimum Gasteiger partial charge on any atom is -1.00 e. The third-order valence-corrected chi connectivity index (χ3v) is 5.54. The molecule has 0 aliphatic rings. The molecule has 28 heavy (non-hydrogen) atoms. The average molecular weight is 419 g/mol. The van der Waals surface area contributed by atoms with E-state index < -0.39 is 0 Å². The highest BCUT2D eigenvalue weighted by molar-refractivity contribution is 7.21. The first-order valence-corrected chi connectivity index (χ1v) is 10.4. The van der Waals surface area contributed by atoms with E-state index in [9.17, 15) is 0 Å². The number of anilines is 1. The van der Waals surface area contributed by atoms with Gasteiger partial charge in [0.2, 0.25) is 0 Å². The van der Waals surface area contributed by atoms with Crippen molar-refractivity contribution < 1.29 is 21.7 Å². The highest BCUT2D eigenvalue weighted by Gasteiger charge is 2.18. The Labute approximate surface area is 177 Å². The molecule has 150 valence electrons. The Balaban J connectivity index is 0.00000280. The molecule has 0 unspecified atom stereocenters. The number of ether oxygens (including phenoxy) is 1. The first-order valence-electron chi connectivity index (χ1n) is 9.56. The third-order valence-electron chi connectivity index (χ3n) is 4.51. The van der Waals surface area contributed by atoms with Crippen LogP contribution in [0.3, 0.4) is 0 Å². The number of azo groups is 1. The zero-order valence-electron chi connectivity index (χ0n) is 16.9. The lowest BCUT2D eigenvalue weighted by Gasteiger charge is -2.20. The number of aryl methyl sites for hydroxylation is 1. The summed E-state index contributed by atoms with van der Waals surface area (Å²) in [6.07, 6.45) is 0. The Hall–Kier alpha value is -2.18. The summed E-state index contributed by atoms with van der Waals surface area (Å²) in [4.78, 5) is 2.31. The van der Waals surface area contributed by atoms with Crippen LogP contribution in [0.25, 0.3) is 10.2 Å². The van der Waals surface area contributed by atoms with E-state index >= 15 is 0 Å². The van der Waals surface area contributed by atoms with Crippen molar-refractivity contribution in [1.82, 2.24) is 0 Å². The quantitative estimate of drug-likeness (QED) is 0.417. The Kier molecular flexibility index (Phi) is 8.20. The van der Waals surface area contributed by atoms with E-state index in [1.54, 1.807) is 11.3 Å². The molecule has 0 N–H and O–H groups in total. The van der Waals surface area contributed by atoms with Gasteiger partial charge in [-0.15, -0.1) is 0 Å². The summed E-state index contributed by atoms with van der Waals surface area (Å²) < 4.78 is 8.96. The number of aromatic nitrogens is 1. The lowest BCUT2D eigenvalue weighted by molar-refractivity contribution is -0.651. The van der Waals surface area contributed by atoms with Crippen molar-refractivity contribution in [1.29, 1.82) is 0 Å². The van der Waals surface area contributed by atoms with Gasteiger partial charge in [0.15, 0.2) is 0 Å². The molecule has 0 aliphatic carbocycles. The number of nitrogens with zero attached hydrogens (tertiary/aromatic N) is 4. The van der Waals surface area contributed by atoms with E-state index in [4.69, 9.17) is 4.74 Å². The lowest BCUT2D eigenvalue weighted by Crippen LogP contribution is -3.00. The molecule has 0 spiro atoms. The second kappa shape index (κ2) is 10.4. The van der Waals surface area contributed by atoms with E-state index in [2.05, 4.69) is 64.7 Å². The molecule has 0 aliphatic heterocycles. The maximum Gasteiger partial charge on any atom is 0.409 e.